The van der Waals surface area contributed by atoms with Crippen LogP contribution in [0.15, 0.2) is 52.0 Å². The lowest BCUT2D eigenvalue weighted by Crippen LogP contribution is -2.36. The molecule has 1 aliphatic rings. The van der Waals surface area contributed by atoms with Gasteiger partial charge < -0.3 is 14.4 Å². The number of aliphatic hydroxyl groups excluding tert-OH is 1. The average molecular weight is 331 g/mol. The largest absolute Gasteiger partial charge is 0.445 e. The highest BCUT2D eigenvalue weighted by Gasteiger charge is 2.32. The molecule has 1 aliphatic heterocycles. The predicted octanol–water partition coefficient (Wildman–Crippen LogP) is 3.73. The fraction of sp³-hybridized carbons (Fsp3) is 0.389. The van der Waals surface area contributed by atoms with Crippen LogP contribution in [0.5, 0.6) is 0 Å². The van der Waals surface area contributed by atoms with Gasteiger partial charge in [0, 0.05) is 12.6 Å². The van der Waals surface area contributed by atoms with Gasteiger partial charge in [-0.25, -0.2) is 0 Å². The van der Waals surface area contributed by atoms with Crippen LogP contribution in [0, 0.1) is 0 Å². The quantitative estimate of drug-likeness (QED) is 0.848. The van der Waals surface area contributed by atoms with Crippen molar-refractivity contribution in [1.29, 1.82) is 0 Å². The fourth-order valence-corrected chi connectivity index (χ4v) is 3.48. The Kier molecular flexibility index (Phi) is 5.08. The third-order valence-corrected chi connectivity index (χ3v) is 4.93. The normalized spacial score (nSPS) is 19.0. The van der Waals surface area contributed by atoms with Crippen LogP contribution in [0.3, 0.4) is 0 Å². The minimum absolute atomic E-state index is 0.0561. The first-order chi connectivity index (χ1) is 11.2. The van der Waals surface area contributed by atoms with Crippen molar-refractivity contribution in [3.05, 3.63) is 53.8 Å². The molecule has 1 fully saturated rings. The van der Waals surface area contributed by atoms with Gasteiger partial charge in [0.1, 0.15) is 0 Å². The van der Waals surface area contributed by atoms with Gasteiger partial charge in [0.2, 0.25) is 0 Å². The summed E-state index contributed by atoms with van der Waals surface area (Å²) >= 11 is 1.48. The molecule has 3 rings (SSSR count). The summed E-state index contributed by atoms with van der Waals surface area (Å²) < 4.78 is 5.55. The number of aliphatic hydroxyl groups is 1. The summed E-state index contributed by atoms with van der Waals surface area (Å²) in [4.78, 5) is 14.5. The lowest BCUT2D eigenvalue weighted by Gasteiger charge is -2.26. The Morgan fingerprint density at radius 1 is 1.35 bits per heavy atom. The summed E-state index contributed by atoms with van der Waals surface area (Å²) in [5, 5.41) is 11.2. The molecule has 1 N–H and O–H groups in total. The smallest absolute Gasteiger partial charge is 0.289 e. The Hall–Kier alpha value is -1.72. The number of rotatable bonds is 5. The molecule has 0 spiro atoms. The SMILES string of the molecule is CSc1ccc(C(=O)N2CCCC2CC(O)c2ccccc2)o1. The third-order valence-electron chi connectivity index (χ3n) is 4.31. The number of carbonyl (C=O) groups excluding carboxylic acids is 1. The number of hydrogen-bond donors (Lipinski definition) is 1. The lowest BCUT2D eigenvalue weighted by atomic mass is 10.0. The van der Waals surface area contributed by atoms with Crippen molar-refractivity contribution >= 4 is 17.7 Å². The standard InChI is InChI=1S/C18H21NO3S/c1-23-17-10-9-16(22-17)18(21)19-11-5-8-14(19)12-15(20)13-6-3-2-4-7-13/h2-4,6-7,9-10,14-15,20H,5,8,11-12H2,1H3. The number of amides is 1. The molecule has 1 aromatic carbocycles. The van der Waals surface area contributed by atoms with E-state index in [-0.39, 0.29) is 11.9 Å². The highest BCUT2D eigenvalue weighted by molar-refractivity contribution is 7.98. The molecule has 0 radical (unpaired) electrons. The molecule has 2 heterocycles. The van der Waals surface area contributed by atoms with E-state index < -0.39 is 6.10 Å². The van der Waals surface area contributed by atoms with E-state index >= 15 is 0 Å². The molecule has 0 bridgehead atoms. The first-order valence-electron chi connectivity index (χ1n) is 7.87. The first kappa shape index (κ1) is 16.1. The van der Waals surface area contributed by atoms with Gasteiger partial charge in [-0.2, -0.15) is 0 Å². The van der Waals surface area contributed by atoms with Crippen LogP contribution >= 0.6 is 11.8 Å². The molecule has 1 amide bonds. The van der Waals surface area contributed by atoms with E-state index in [0.717, 1.165) is 30.0 Å². The van der Waals surface area contributed by atoms with Gasteiger partial charge in [0.25, 0.3) is 5.91 Å². The molecule has 1 saturated heterocycles. The summed E-state index contributed by atoms with van der Waals surface area (Å²) in [6.45, 7) is 0.723. The van der Waals surface area contributed by atoms with E-state index in [2.05, 4.69) is 0 Å². The Morgan fingerprint density at radius 3 is 2.83 bits per heavy atom. The van der Waals surface area contributed by atoms with Crippen molar-refractivity contribution in [3.63, 3.8) is 0 Å². The molecule has 0 saturated carbocycles. The molecule has 1 aromatic heterocycles. The molecular formula is C18H21NO3S. The van der Waals surface area contributed by atoms with E-state index in [4.69, 9.17) is 4.42 Å². The van der Waals surface area contributed by atoms with Gasteiger partial charge in [0.15, 0.2) is 10.9 Å². The van der Waals surface area contributed by atoms with Crippen molar-refractivity contribution < 1.29 is 14.3 Å². The zero-order valence-corrected chi connectivity index (χ0v) is 14.0. The number of furan rings is 1. The van der Waals surface area contributed by atoms with Crippen molar-refractivity contribution in [2.24, 2.45) is 0 Å². The van der Waals surface area contributed by atoms with E-state index in [1.165, 1.54) is 11.8 Å². The maximum Gasteiger partial charge on any atom is 0.289 e. The van der Waals surface area contributed by atoms with Crippen LogP contribution in [0.1, 0.15) is 41.5 Å². The summed E-state index contributed by atoms with van der Waals surface area (Å²) in [6.07, 6.45) is 3.82. The summed E-state index contributed by atoms with van der Waals surface area (Å²) in [7, 11) is 0. The molecule has 2 unspecified atom stereocenters. The number of thioether (sulfide) groups is 1. The van der Waals surface area contributed by atoms with Crippen LogP contribution in [0.2, 0.25) is 0 Å². The molecular weight excluding hydrogens is 310 g/mol. The van der Waals surface area contributed by atoms with Crippen molar-refractivity contribution in [2.45, 2.75) is 36.5 Å². The summed E-state index contributed by atoms with van der Waals surface area (Å²) in [5.74, 6) is 0.309. The number of carbonyl (C=O) groups is 1. The maximum absolute atomic E-state index is 12.6. The molecule has 2 aromatic rings. The average Bonchev–Trinajstić information content (AvgIpc) is 3.24. The van der Waals surface area contributed by atoms with Crippen LogP contribution in [-0.4, -0.2) is 34.8 Å². The molecule has 4 nitrogen and oxygen atoms in total. The highest BCUT2D eigenvalue weighted by atomic mass is 32.2. The number of likely N-dealkylation sites (tertiary alicyclic amines) is 1. The first-order valence-corrected chi connectivity index (χ1v) is 9.09. The zero-order chi connectivity index (χ0) is 16.2. The van der Waals surface area contributed by atoms with Crippen LogP contribution in [-0.2, 0) is 0 Å². The van der Waals surface area contributed by atoms with Crippen LogP contribution in [0.4, 0.5) is 0 Å². The second-order valence-corrected chi connectivity index (χ2v) is 6.59. The van der Waals surface area contributed by atoms with Gasteiger partial charge in [-0.3, -0.25) is 4.79 Å². The number of hydrogen-bond acceptors (Lipinski definition) is 4. The van der Waals surface area contributed by atoms with E-state index in [0.29, 0.717) is 12.2 Å². The Balaban J connectivity index is 1.69. The van der Waals surface area contributed by atoms with Gasteiger partial charge >= 0.3 is 0 Å². The zero-order valence-electron chi connectivity index (χ0n) is 13.1. The number of nitrogens with zero attached hydrogens (tertiary/aromatic N) is 1. The van der Waals surface area contributed by atoms with Gasteiger partial charge in [0.05, 0.1) is 6.10 Å². The Bertz CT molecular complexity index is 655. The van der Waals surface area contributed by atoms with Gasteiger partial charge in [-0.1, -0.05) is 42.1 Å². The summed E-state index contributed by atoms with van der Waals surface area (Å²) in [6, 6.07) is 13.2. The highest BCUT2D eigenvalue weighted by Crippen LogP contribution is 2.29. The van der Waals surface area contributed by atoms with E-state index in [1.807, 2.05) is 47.6 Å². The Labute approximate surface area is 140 Å². The second kappa shape index (κ2) is 7.23. The number of benzene rings is 1. The second-order valence-electron chi connectivity index (χ2n) is 5.78. The van der Waals surface area contributed by atoms with Crippen molar-refractivity contribution in [1.82, 2.24) is 4.90 Å². The van der Waals surface area contributed by atoms with Crippen LogP contribution in [0.25, 0.3) is 0 Å². The van der Waals surface area contributed by atoms with Crippen molar-refractivity contribution in [3.8, 4) is 0 Å². The molecule has 23 heavy (non-hydrogen) atoms. The van der Waals surface area contributed by atoms with Gasteiger partial charge in [-0.05, 0) is 43.2 Å². The van der Waals surface area contributed by atoms with E-state index in [9.17, 15) is 9.90 Å². The molecule has 122 valence electrons. The van der Waals surface area contributed by atoms with E-state index in [1.54, 1.807) is 6.07 Å². The molecule has 5 heteroatoms. The topological polar surface area (TPSA) is 53.7 Å². The monoisotopic (exact) mass is 331 g/mol. The minimum atomic E-state index is -0.548. The predicted molar refractivity (Wildman–Crippen MR) is 90.6 cm³/mol. The molecule has 0 aliphatic carbocycles. The van der Waals surface area contributed by atoms with Gasteiger partial charge in [-0.15, -0.1) is 0 Å². The van der Waals surface area contributed by atoms with Crippen molar-refractivity contribution in [2.75, 3.05) is 12.8 Å². The fourth-order valence-electron chi connectivity index (χ4n) is 3.10. The van der Waals surface area contributed by atoms with Crippen LogP contribution < -0.4 is 0 Å². The third kappa shape index (κ3) is 3.62. The minimum Gasteiger partial charge on any atom is -0.445 e. The maximum atomic E-state index is 12.6. The summed E-state index contributed by atoms with van der Waals surface area (Å²) in [5.41, 5.74) is 0.898. The molecule has 2 atom stereocenters. The lowest BCUT2D eigenvalue weighted by molar-refractivity contribution is 0.0631. The Morgan fingerprint density at radius 2 is 2.13 bits per heavy atom.